The van der Waals surface area contributed by atoms with Crippen LogP contribution in [0.4, 0.5) is 0 Å². The summed E-state index contributed by atoms with van der Waals surface area (Å²) in [7, 11) is 0. The first-order valence-electron chi connectivity index (χ1n) is 18.4. The maximum atomic E-state index is 13.4. The van der Waals surface area contributed by atoms with Crippen LogP contribution in [0.15, 0.2) is 11.6 Å². The first kappa shape index (κ1) is 36.9. The van der Waals surface area contributed by atoms with Crippen molar-refractivity contribution in [1.82, 2.24) is 5.43 Å². The molecule has 0 aromatic heterocycles. The highest BCUT2D eigenvalue weighted by atomic mass is 16.5. The number of aliphatic carboxylic acids is 1. The number of carbonyl (C=O) groups is 1. The Morgan fingerprint density at radius 1 is 1.04 bits per heavy atom. The molecule has 4 aliphatic rings. The minimum absolute atomic E-state index is 0.00958. The molecule has 0 aromatic carbocycles. The lowest BCUT2D eigenvalue weighted by Crippen LogP contribution is -2.68. The molecule has 0 aromatic rings. The number of hydrogen-bond acceptors (Lipinski definition) is 5. The molecule has 0 radical (unpaired) electrons. The van der Waals surface area contributed by atoms with Crippen LogP contribution in [0.25, 0.3) is 0 Å². The van der Waals surface area contributed by atoms with E-state index in [2.05, 4.69) is 102 Å². The lowest BCUT2D eigenvalue weighted by molar-refractivity contribution is -0.205. The maximum absolute atomic E-state index is 13.4. The highest BCUT2D eigenvalue weighted by molar-refractivity contribution is 5.73. The Morgan fingerprint density at radius 2 is 1.67 bits per heavy atom. The second kappa shape index (κ2) is 11.9. The Kier molecular flexibility index (Phi) is 9.74. The second-order valence-corrected chi connectivity index (χ2v) is 18.9. The first-order valence-corrected chi connectivity index (χ1v) is 18.4. The smallest absolute Gasteiger partial charge is 0.307 e. The van der Waals surface area contributed by atoms with Gasteiger partial charge in [0.15, 0.2) is 0 Å². The van der Waals surface area contributed by atoms with Gasteiger partial charge in [0.1, 0.15) is 0 Å². The summed E-state index contributed by atoms with van der Waals surface area (Å²) >= 11 is 0. The number of allylic oxidation sites excluding steroid dienone is 2. The van der Waals surface area contributed by atoms with Crippen molar-refractivity contribution in [3.05, 3.63) is 11.6 Å². The molecule has 0 bridgehead atoms. The van der Waals surface area contributed by atoms with Crippen LogP contribution in [-0.2, 0) is 9.53 Å². The predicted molar refractivity (Wildman–Crippen MR) is 186 cm³/mol. The molecular formula is C39H71N3O3. The third-order valence-corrected chi connectivity index (χ3v) is 16.2. The average molecular weight is 630 g/mol. The fraction of sp³-hybridized carbons (Fsp3) is 0.923. The van der Waals surface area contributed by atoms with Crippen LogP contribution < -0.4 is 17.0 Å². The van der Waals surface area contributed by atoms with Crippen molar-refractivity contribution in [2.24, 2.45) is 73.7 Å². The molecule has 3 fully saturated rings. The van der Waals surface area contributed by atoms with Gasteiger partial charge < -0.3 is 15.6 Å². The van der Waals surface area contributed by atoms with E-state index in [0.29, 0.717) is 30.3 Å². The molecule has 0 aliphatic heterocycles. The van der Waals surface area contributed by atoms with Gasteiger partial charge in [0.05, 0.1) is 18.6 Å². The second-order valence-electron chi connectivity index (χ2n) is 18.9. The summed E-state index contributed by atoms with van der Waals surface area (Å²) in [6.07, 6.45) is 10.7. The van der Waals surface area contributed by atoms with Crippen molar-refractivity contribution < 1.29 is 14.6 Å². The van der Waals surface area contributed by atoms with E-state index in [0.717, 1.165) is 51.4 Å². The summed E-state index contributed by atoms with van der Waals surface area (Å²) in [5.41, 5.74) is 10.5. The molecule has 12 atom stereocenters. The van der Waals surface area contributed by atoms with Gasteiger partial charge >= 0.3 is 5.97 Å². The van der Waals surface area contributed by atoms with Gasteiger partial charge in [0.25, 0.3) is 0 Å². The van der Waals surface area contributed by atoms with Crippen molar-refractivity contribution in [3.63, 3.8) is 0 Å². The summed E-state index contributed by atoms with van der Waals surface area (Å²) in [6.45, 7) is 30.3. The van der Waals surface area contributed by atoms with Gasteiger partial charge in [-0.05, 0) is 114 Å². The monoisotopic (exact) mass is 630 g/mol. The van der Waals surface area contributed by atoms with E-state index < -0.39 is 11.5 Å². The van der Waals surface area contributed by atoms with E-state index in [9.17, 15) is 9.90 Å². The number of nitrogens with one attached hydrogen (secondary N) is 1. The summed E-state index contributed by atoms with van der Waals surface area (Å²) in [5, 5.41) is 11.0. The van der Waals surface area contributed by atoms with Gasteiger partial charge in [0.2, 0.25) is 0 Å². The fourth-order valence-electron chi connectivity index (χ4n) is 11.7. The van der Waals surface area contributed by atoms with Crippen LogP contribution >= 0.6 is 0 Å². The van der Waals surface area contributed by atoms with E-state index in [4.69, 9.17) is 16.3 Å². The Balaban J connectivity index is 1.80. The number of carboxylic acid groups (broad SMARTS) is 1. The molecule has 1 unspecified atom stereocenters. The topological polar surface area (TPSA) is 111 Å². The minimum atomic E-state index is -0.597. The summed E-state index contributed by atoms with van der Waals surface area (Å²) in [6, 6.07) is 0.0102. The highest BCUT2D eigenvalue weighted by Crippen LogP contribution is 2.75. The van der Waals surface area contributed by atoms with Gasteiger partial charge in [-0.1, -0.05) is 94.7 Å². The molecule has 0 spiro atoms. The molecule has 0 saturated heterocycles. The molecule has 0 amide bonds. The van der Waals surface area contributed by atoms with E-state index in [1.165, 1.54) is 0 Å². The number of rotatable bonds is 9. The molecule has 6 heteroatoms. The van der Waals surface area contributed by atoms with Crippen LogP contribution in [0.3, 0.4) is 0 Å². The molecule has 4 aliphatic carbocycles. The molecule has 6 N–H and O–H groups in total. The molecule has 4 rings (SSSR count). The Bertz CT molecular complexity index is 1140. The van der Waals surface area contributed by atoms with Crippen LogP contribution in [0, 0.1) is 62.1 Å². The zero-order valence-corrected chi connectivity index (χ0v) is 31.4. The SMILES string of the molecule is CCC1(C)[C@@H](OC[C@](C)(N)C(C)(C)C)[C@H](NN)C[C@]2(CC)C3=CC[C@@]4(C)[C@H](C(=O)O)[C@@](C)([C@H](C)C(C)C)CC[C@]4(C)[C@H]3CC[C@@H]12. The van der Waals surface area contributed by atoms with Crippen LogP contribution in [0.5, 0.6) is 0 Å². The van der Waals surface area contributed by atoms with Crippen molar-refractivity contribution >= 4 is 5.97 Å². The average Bonchev–Trinajstić information content (AvgIpc) is 2.95. The number of hydrogen-bond donors (Lipinski definition) is 4. The summed E-state index contributed by atoms with van der Waals surface area (Å²) in [4.78, 5) is 13.4. The predicted octanol–water partition coefficient (Wildman–Crippen LogP) is 8.35. The molecule has 260 valence electrons. The number of carboxylic acids is 1. The van der Waals surface area contributed by atoms with Crippen LogP contribution in [0.1, 0.15) is 141 Å². The Hall–Kier alpha value is -0.950. The van der Waals surface area contributed by atoms with E-state index in [-0.39, 0.29) is 50.6 Å². The molecular weight excluding hydrogens is 558 g/mol. The van der Waals surface area contributed by atoms with Crippen molar-refractivity contribution in [2.45, 2.75) is 159 Å². The number of ether oxygens (including phenoxy) is 1. The zero-order valence-electron chi connectivity index (χ0n) is 31.4. The Morgan fingerprint density at radius 3 is 2.16 bits per heavy atom. The van der Waals surface area contributed by atoms with Crippen molar-refractivity contribution in [1.29, 1.82) is 0 Å². The van der Waals surface area contributed by atoms with Crippen LogP contribution in [0.2, 0.25) is 0 Å². The largest absolute Gasteiger partial charge is 0.481 e. The highest BCUT2D eigenvalue weighted by Gasteiger charge is 2.70. The van der Waals surface area contributed by atoms with Gasteiger partial charge in [-0.2, -0.15) is 0 Å². The van der Waals surface area contributed by atoms with E-state index in [1.807, 2.05) is 0 Å². The molecule has 6 nitrogen and oxygen atoms in total. The Labute approximate surface area is 276 Å². The van der Waals surface area contributed by atoms with Crippen molar-refractivity contribution in [2.75, 3.05) is 6.61 Å². The third-order valence-electron chi connectivity index (χ3n) is 16.2. The maximum Gasteiger partial charge on any atom is 0.307 e. The van der Waals surface area contributed by atoms with Gasteiger partial charge in [-0.3, -0.25) is 16.1 Å². The van der Waals surface area contributed by atoms with Gasteiger partial charge in [0, 0.05) is 11.6 Å². The first-order chi connectivity index (χ1) is 20.6. The molecule has 45 heavy (non-hydrogen) atoms. The summed E-state index contributed by atoms with van der Waals surface area (Å²) < 4.78 is 6.93. The normalized spacial score (nSPS) is 45.5. The fourth-order valence-corrected chi connectivity index (χ4v) is 11.7. The molecule has 3 saturated carbocycles. The lowest BCUT2D eigenvalue weighted by Gasteiger charge is -2.70. The van der Waals surface area contributed by atoms with E-state index >= 15 is 0 Å². The third kappa shape index (κ3) is 5.21. The molecule has 0 heterocycles. The number of nitrogens with two attached hydrogens (primary N) is 2. The van der Waals surface area contributed by atoms with Crippen molar-refractivity contribution in [3.8, 4) is 0 Å². The quantitative estimate of drug-likeness (QED) is 0.116. The minimum Gasteiger partial charge on any atom is -0.481 e. The number of fused-ring (bicyclic) bond motifs is 5. The number of hydrazine groups is 1. The van der Waals surface area contributed by atoms with Gasteiger partial charge in [-0.25, -0.2) is 0 Å². The van der Waals surface area contributed by atoms with Crippen LogP contribution in [-0.4, -0.2) is 35.4 Å². The lowest BCUT2D eigenvalue weighted by atomic mass is 9.34. The summed E-state index contributed by atoms with van der Waals surface area (Å²) in [5.74, 6) is 7.12. The standard InChI is InChI=1S/C39H71N3O3/c1-14-34(9)29-17-16-26-27(39(29,15-2)22-28(42-41)31(34)45-23-38(13,40)33(6,7)8)18-19-37(12)30(32(43)44)35(10,25(5)24(3)4)20-21-36(26,37)11/h18,24-26,28-31,42H,14-17,19-23,40-41H2,1-13H3,(H,43,44)/t25-,26+,28-,29+,30-,31+,34?,35-,36-,37+,38+,39-/m1/s1. The zero-order chi connectivity index (χ0) is 34.2. The van der Waals surface area contributed by atoms with Gasteiger partial charge in [-0.15, -0.1) is 0 Å². The van der Waals surface area contributed by atoms with E-state index in [1.54, 1.807) is 5.57 Å².